The minimum absolute atomic E-state index is 0.101. The highest BCUT2D eigenvalue weighted by Gasteiger charge is 2.24. The van der Waals surface area contributed by atoms with Crippen LogP contribution in [0.3, 0.4) is 0 Å². The number of aryl methyl sites for hydroxylation is 1. The molecule has 0 aromatic heterocycles. The van der Waals surface area contributed by atoms with Gasteiger partial charge in [-0.25, -0.2) is 0 Å². The Morgan fingerprint density at radius 3 is 2.52 bits per heavy atom. The summed E-state index contributed by atoms with van der Waals surface area (Å²) in [4.78, 5) is 14.7. The van der Waals surface area contributed by atoms with E-state index in [2.05, 4.69) is 12.1 Å². The van der Waals surface area contributed by atoms with Gasteiger partial charge in [0, 0.05) is 13.1 Å². The van der Waals surface area contributed by atoms with Crippen LogP contribution in [0.5, 0.6) is 5.75 Å². The molecule has 4 nitrogen and oxygen atoms in total. The van der Waals surface area contributed by atoms with E-state index in [1.54, 1.807) is 11.0 Å². The number of hydrogen-bond donors (Lipinski definition) is 1. The van der Waals surface area contributed by atoms with E-state index in [0.29, 0.717) is 24.2 Å². The predicted molar refractivity (Wildman–Crippen MR) is 104 cm³/mol. The van der Waals surface area contributed by atoms with Crippen LogP contribution in [0.15, 0.2) is 42.5 Å². The molecule has 0 bridgehead atoms. The van der Waals surface area contributed by atoms with Crippen molar-refractivity contribution in [2.75, 3.05) is 13.1 Å². The van der Waals surface area contributed by atoms with Gasteiger partial charge < -0.3 is 10.0 Å². The lowest BCUT2D eigenvalue weighted by atomic mass is 9.89. The number of phenols is 1. The molecule has 1 N–H and O–H groups in total. The summed E-state index contributed by atoms with van der Waals surface area (Å²) in [6.45, 7) is 1.16. The Morgan fingerprint density at radius 1 is 1.04 bits per heavy atom. The van der Waals surface area contributed by atoms with Crippen LogP contribution < -0.4 is 0 Å². The summed E-state index contributed by atoms with van der Waals surface area (Å²) < 4.78 is 0. The van der Waals surface area contributed by atoms with Crippen molar-refractivity contribution in [2.24, 2.45) is 0 Å². The molecule has 4 rings (SSSR count). The molecule has 2 aromatic carbocycles. The number of fused-ring (bicyclic) bond motifs is 1. The molecule has 1 amide bonds. The second kappa shape index (κ2) is 7.28. The number of nitriles is 1. The zero-order valence-electron chi connectivity index (χ0n) is 15.2. The maximum absolute atomic E-state index is 12.9. The lowest BCUT2D eigenvalue weighted by Gasteiger charge is -2.28. The van der Waals surface area contributed by atoms with E-state index < -0.39 is 0 Å². The molecule has 4 heteroatoms. The quantitative estimate of drug-likeness (QED) is 0.880. The van der Waals surface area contributed by atoms with Gasteiger partial charge in [0.25, 0.3) is 5.91 Å². The van der Waals surface area contributed by atoms with Crippen LogP contribution in [-0.2, 0) is 12.8 Å². The van der Waals surface area contributed by atoms with Crippen molar-refractivity contribution >= 4 is 11.5 Å². The van der Waals surface area contributed by atoms with Crippen LogP contribution in [0.25, 0.3) is 5.57 Å². The molecule has 0 unspecified atom stereocenters. The van der Waals surface area contributed by atoms with Crippen molar-refractivity contribution in [3.8, 4) is 11.8 Å². The van der Waals surface area contributed by atoms with Crippen LogP contribution in [0.2, 0.25) is 0 Å². The Labute approximate surface area is 159 Å². The number of carbonyl (C=O) groups is 1. The summed E-state index contributed by atoms with van der Waals surface area (Å²) in [5, 5.41) is 19.5. The number of phenolic OH excluding ortho intramolecular Hbond substituents is 1. The van der Waals surface area contributed by atoms with Gasteiger partial charge in [0.15, 0.2) is 0 Å². The van der Waals surface area contributed by atoms with E-state index in [1.807, 2.05) is 30.3 Å². The van der Waals surface area contributed by atoms with Crippen molar-refractivity contribution < 1.29 is 9.90 Å². The zero-order chi connectivity index (χ0) is 18.8. The number of carbonyl (C=O) groups excluding carboxylic acids is 1. The average Bonchev–Trinajstić information content (AvgIpc) is 2.74. The normalized spacial score (nSPS) is 16.3. The third-order valence-electron chi connectivity index (χ3n) is 5.61. The maximum Gasteiger partial charge on any atom is 0.257 e. The largest absolute Gasteiger partial charge is 0.507 e. The van der Waals surface area contributed by atoms with Gasteiger partial charge in [-0.2, -0.15) is 5.26 Å². The number of nitrogens with zero attached hydrogens (tertiary/aromatic N) is 2. The molecular weight excluding hydrogens is 336 g/mol. The summed E-state index contributed by atoms with van der Waals surface area (Å²) >= 11 is 0. The molecule has 0 spiro atoms. The molecule has 1 heterocycles. The Morgan fingerprint density at radius 2 is 1.81 bits per heavy atom. The monoisotopic (exact) mass is 358 g/mol. The Hall–Kier alpha value is -3.06. The SMILES string of the molecule is N#Cc1ccc(C2=CCN(C(=O)c3ccc4c(c3O)CCCC4)CC2)cc1. The Kier molecular flexibility index (Phi) is 4.68. The van der Waals surface area contributed by atoms with Gasteiger partial charge in [-0.3, -0.25) is 4.79 Å². The molecule has 1 aliphatic heterocycles. The fourth-order valence-electron chi connectivity index (χ4n) is 4.03. The number of aromatic hydroxyl groups is 1. The van der Waals surface area contributed by atoms with Gasteiger partial charge in [-0.05, 0) is 72.6 Å². The van der Waals surface area contributed by atoms with Gasteiger partial charge in [0.1, 0.15) is 5.75 Å². The topological polar surface area (TPSA) is 64.3 Å². The first-order valence-corrected chi connectivity index (χ1v) is 9.50. The van der Waals surface area contributed by atoms with E-state index in [4.69, 9.17) is 5.26 Å². The fourth-order valence-corrected chi connectivity index (χ4v) is 4.03. The highest BCUT2D eigenvalue weighted by Crippen LogP contribution is 2.33. The molecule has 27 heavy (non-hydrogen) atoms. The summed E-state index contributed by atoms with van der Waals surface area (Å²) in [5.74, 6) is 0.0788. The molecule has 136 valence electrons. The summed E-state index contributed by atoms with van der Waals surface area (Å²) in [7, 11) is 0. The van der Waals surface area contributed by atoms with Gasteiger partial charge in [0.05, 0.1) is 17.2 Å². The van der Waals surface area contributed by atoms with E-state index >= 15 is 0 Å². The molecular formula is C23H22N2O2. The summed E-state index contributed by atoms with van der Waals surface area (Å²) in [6, 6.07) is 13.5. The molecule has 0 saturated heterocycles. The van der Waals surface area contributed by atoms with Crippen LogP contribution >= 0.6 is 0 Å². The predicted octanol–water partition coefficient (Wildman–Crippen LogP) is 4.07. The van der Waals surface area contributed by atoms with Crippen LogP contribution in [0.1, 0.15) is 51.9 Å². The van der Waals surface area contributed by atoms with Crippen LogP contribution in [0, 0.1) is 11.3 Å². The van der Waals surface area contributed by atoms with Crippen LogP contribution in [-0.4, -0.2) is 29.0 Å². The fraction of sp³-hybridized carbons (Fsp3) is 0.304. The second-order valence-electron chi connectivity index (χ2n) is 7.23. The second-order valence-corrected chi connectivity index (χ2v) is 7.23. The zero-order valence-corrected chi connectivity index (χ0v) is 15.2. The molecule has 0 fully saturated rings. The minimum Gasteiger partial charge on any atom is -0.507 e. The summed E-state index contributed by atoms with van der Waals surface area (Å²) in [6.07, 6.45) is 6.89. The Bertz CT molecular complexity index is 952. The van der Waals surface area contributed by atoms with Gasteiger partial charge >= 0.3 is 0 Å². The molecule has 1 aliphatic carbocycles. The number of hydrogen-bond acceptors (Lipinski definition) is 3. The molecule has 0 radical (unpaired) electrons. The number of benzene rings is 2. The van der Waals surface area contributed by atoms with E-state index in [9.17, 15) is 9.90 Å². The smallest absolute Gasteiger partial charge is 0.257 e. The first kappa shape index (κ1) is 17.4. The number of amides is 1. The molecule has 2 aromatic rings. The van der Waals surface area contributed by atoms with Crippen molar-refractivity contribution in [3.05, 3.63) is 70.3 Å². The van der Waals surface area contributed by atoms with E-state index in [1.165, 1.54) is 11.1 Å². The first-order valence-electron chi connectivity index (χ1n) is 9.50. The Balaban J connectivity index is 1.51. The maximum atomic E-state index is 12.9. The summed E-state index contributed by atoms with van der Waals surface area (Å²) in [5.41, 5.74) is 5.49. The first-order chi connectivity index (χ1) is 13.2. The highest BCUT2D eigenvalue weighted by molar-refractivity contribution is 5.98. The molecule has 0 saturated carbocycles. The van der Waals surface area contributed by atoms with Crippen molar-refractivity contribution in [1.29, 1.82) is 5.26 Å². The third-order valence-corrected chi connectivity index (χ3v) is 5.61. The van der Waals surface area contributed by atoms with Gasteiger partial charge in [-0.1, -0.05) is 24.3 Å². The third kappa shape index (κ3) is 3.33. The van der Waals surface area contributed by atoms with Crippen molar-refractivity contribution in [2.45, 2.75) is 32.1 Å². The lowest BCUT2D eigenvalue weighted by molar-refractivity contribution is 0.0769. The van der Waals surface area contributed by atoms with Gasteiger partial charge in [0.2, 0.25) is 0 Å². The van der Waals surface area contributed by atoms with E-state index in [-0.39, 0.29) is 11.7 Å². The standard InChI is InChI=1S/C23H22N2O2/c24-15-16-5-7-17(8-6-16)18-11-13-25(14-12-18)23(27)21-10-9-19-3-1-2-4-20(19)22(21)26/h5-11,26H,1-4,12-14H2. The molecule has 0 atom stereocenters. The average molecular weight is 358 g/mol. The molecule has 2 aliphatic rings. The minimum atomic E-state index is -0.101. The van der Waals surface area contributed by atoms with Crippen LogP contribution in [0.4, 0.5) is 0 Å². The van der Waals surface area contributed by atoms with E-state index in [0.717, 1.165) is 43.2 Å². The van der Waals surface area contributed by atoms with Gasteiger partial charge in [-0.15, -0.1) is 0 Å². The number of rotatable bonds is 2. The van der Waals surface area contributed by atoms with Crippen molar-refractivity contribution in [1.82, 2.24) is 4.90 Å². The van der Waals surface area contributed by atoms with Crippen molar-refractivity contribution in [3.63, 3.8) is 0 Å². The lowest BCUT2D eigenvalue weighted by Crippen LogP contribution is -2.34. The highest BCUT2D eigenvalue weighted by atomic mass is 16.3.